The second kappa shape index (κ2) is 6.36. The van der Waals surface area contributed by atoms with Crippen LogP contribution in [0.25, 0.3) is 0 Å². The van der Waals surface area contributed by atoms with Gasteiger partial charge in [-0.25, -0.2) is 4.98 Å². The summed E-state index contributed by atoms with van der Waals surface area (Å²) in [7, 11) is 1.58. The van der Waals surface area contributed by atoms with Crippen LogP contribution in [0.4, 0.5) is 0 Å². The molecule has 1 unspecified atom stereocenters. The quantitative estimate of drug-likeness (QED) is 0.691. The first-order valence-corrected chi connectivity index (χ1v) is 5.54. The first-order chi connectivity index (χ1) is 8.07. The summed E-state index contributed by atoms with van der Waals surface area (Å²) >= 11 is 0. The Morgan fingerprint density at radius 3 is 2.88 bits per heavy atom. The third kappa shape index (κ3) is 3.54. The molecule has 0 saturated carbocycles. The van der Waals surface area contributed by atoms with Gasteiger partial charge in [0, 0.05) is 19.7 Å². The monoisotopic (exact) mass is 241 g/mol. The molecule has 1 atom stereocenters. The number of hydrogen-bond acceptors (Lipinski definition) is 4. The number of ether oxygens (including phenoxy) is 1. The largest absolute Gasteiger partial charge is 0.480 e. The van der Waals surface area contributed by atoms with Crippen molar-refractivity contribution in [2.24, 2.45) is 0 Å². The fraction of sp³-hybridized carbons (Fsp3) is 0.636. The van der Waals surface area contributed by atoms with E-state index in [1.807, 2.05) is 18.4 Å². The summed E-state index contributed by atoms with van der Waals surface area (Å²) < 4.78 is 6.73. The third-order valence-electron chi connectivity index (χ3n) is 2.45. The molecule has 2 N–H and O–H groups in total. The van der Waals surface area contributed by atoms with Gasteiger partial charge in [0.15, 0.2) is 0 Å². The van der Waals surface area contributed by atoms with Gasteiger partial charge in [0.05, 0.1) is 24.8 Å². The highest BCUT2D eigenvalue weighted by molar-refractivity contribution is 5.74. The molecular formula is C11H19N3O3. The average molecular weight is 241 g/mol. The molecule has 1 heterocycles. The Morgan fingerprint density at radius 1 is 1.65 bits per heavy atom. The number of rotatable bonds is 7. The van der Waals surface area contributed by atoms with Crippen molar-refractivity contribution in [2.75, 3.05) is 20.3 Å². The maximum absolute atomic E-state index is 11.2. The van der Waals surface area contributed by atoms with Gasteiger partial charge >= 0.3 is 5.97 Å². The molecule has 6 heteroatoms. The van der Waals surface area contributed by atoms with Crippen molar-refractivity contribution in [3.05, 3.63) is 18.2 Å². The Labute approximate surface area is 101 Å². The molecule has 0 amide bonds. The van der Waals surface area contributed by atoms with Crippen LogP contribution in [-0.2, 0) is 9.53 Å². The normalized spacial score (nSPS) is 12.9. The molecule has 0 bridgehead atoms. The molecule has 17 heavy (non-hydrogen) atoms. The summed E-state index contributed by atoms with van der Waals surface area (Å²) in [4.78, 5) is 15.2. The highest BCUT2D eigenvalue weighted by Gasteiger charge is 2.23. The molecule has 6 nitrogen and oxygen atoms in total. The van der Waals surface area contributed by atoms with Crippen molar-refractivity contribution in [3.63, 3.8) is 0 Å². The Balaban J connectivity index is 2.82. The molecule has 0 aromatic carbocycles. The number of imidazole rings is 1. The molecular weight excluding hydrogens is 222 g/mol. The number of aromatic nitrogens is 2. The summed E-state index contributed by atoms with van der Waals surface area (Å²) in [5, 5.41) is 12.1. The van der Waals surface area contributed by atoms with Crippen LogP contribution in [0.1, 0.15) is 31.6 Å². The smallest absolute Gasteiger partial charge is 0.326 e. The lowest BCUT2D eigenvalue weighted by atomic mass is 10.2. The molecule has 0 fully saturated rings. The highest BCUT2D eigenvalue weighted by Crippen LogP contribution is 2.17. The Bertz CT molecular complexity index is 363. The topological polar surface area (TPSA) is 76.4 Å². The van der Waals surface area contributed by atoms with Crippen molar-refractivity contribution in [1.82, 2.24) is 14.9 Å². The lowest BCUT2D eigenvalue weighted by molar-refractivity contribution is -0.139. The second-order valence-corrected chi connectivity index (χ2v) is 4.04. The van der Waals surface area contributed by atoms with Crippen LogP contribution < -0.4 is 5.32 Å². The van der Waals surface area contributed by atoms with Crippen LogP contribution in [0.5, 0.6) is 0 Å². The van der Waals surface area contributed by atoms with Gasteiger partial charge in [0.25, 0.3) is 0 Å². The summed E-state index contributed by atoms with van der Waals surface area (Å²) in [6, 6.07) is -0.575. The zero-order valence-corrected chi connectivity index (χ0v) is 10.4. The van der Waals surface area contributed by atoms with E-state index in [1.165, 1.54) is 0 Å². The molecule has 1 aromatic rings. The van der Waals surface area contributed by atoms with Crippen LogP contribution in [0.2, 0.25) is 0 Å². The van der Waals surface area contributed by atoms with Crippen LogP contribution in [0, 0.1) is 0 Å². The van der Waals surface area contributed by atoms with E-state index >= 15 is 0 Å². The van der Waals surface area contributed by atoms with Crippen molar-refractivity contribution in [3.8, 4) is 0 Å². The fourth-order valence-electron chi connectivity index (χ4n) is 1.59. The van der Waals surface area contributed by atoms with E-state index in [9.17, 15) is 9.90 Å². The van der Waals surface area contributed by atoms with Crippen LogP contribution >= 0.6 is 0 Å². The van der Waals surface area contributed by atoms with Crippen molar-refractivity contribution >= 4 is 5.97 Å². The van der Waals surface area contributed by atoms with Gasteiger partial charge in [-0.1, -0.05) is 0 Å². The minimum atomic E-state index is -0.913. The molecule has 0 spiro atoms. The van der Waals surface area contributed by atoms with Gasteiger partial charge in [-0.3, -0.25) is 10.1 Å². The lowest BCUT2D eigenvalue weighted by Crippen LogP contribution is -2.32. The standard InChI is InChI=1S/C11H19N3O3/c1-8(2)14-7-12-6-9(14)10(11(15)16)13-4-5-17-3/h6-8,10,13H,4-5H2,1-3H3,(H,15,16). The van der Waals surface area contributed by atoms with E-state index in [2.05, 4.69) is 10.3 Å². The van der Waals surface area contributed by atoms with E-state index in [1.54, 1.807) is 19.6 Å². The fourth-order valence-corrected chi connectivity index (χ4v) is 1.59. The van der Waals surface area contributed by atoms with Crippen molar-refractivity contribution in [1.29, 1.82) is 0 Å². The van der Waals surface area contributed by atoms with Crippen LogP contribution in [0.15, 0.2) is 12.5 Å². The SMILES string of the molecule is COCCNC(C(=O)O)c1cncn1C(C)C. The molecule has 1 rings (SSSR count). The Hall–Kier alpha value is -1.40. The summed E-state index contributed by atoms with van der Waals surface area (Å²) in [5.41, 5.74) is 0.656. The van der Waals surface area contributed by atoms with Gasteiger partial charge in [-0.2, -0.15) is 0 Å². The van der Waals surface area contributed by atoms with E-state index in [0.717, 1.165) is 0 Å². The predicted octanol–water partition coefficient (Wildman–Crippen LogP) is 0.826. The Morgan fingerprint density at radius 2 is 2.35 bits per heavy atom. The van der Waals surface area contributed by atoms with Gasteiger partial charge in [0.2, 0.25) is 0 Å². The van der Waals surface area contributed by atoms with Crippen molar-refractivity contribution in [2.45, 2.75) is 25.9 Å². The lowest BCUT2D eigenvalue weighted by Gasteiger charge is -2.18. The van der Waals surface area contributed by atoms with Crippen molar-refractivity contribution < 1.29 is 14.6 Å². The number of nitrogens with zero attached hydrogens (tertiary/aromatic N) is 2. The average Bonchev–Trinajstić information content (AvgIpc) is 2.72. The zero-order valence-electron chi connectivity index (χ0n) is 10.4. The van der Waals surface area contributed by atoms with E-state index in [4.69, 9.17) is 4.74 Å². The molecule has 0 radical (unpaired) electrons. The highest BCUT2D eigenvalue weighted by atomic mass is 16.5. The van der Waals surface area contributed by atoms with Gasteiger partial charge in [0.1, 0.15) is 6.04 Å². The van der Waals surface area contributed by atoms with E-state index in [-0.39, 0.29) is 6.04 Å². The summed E-state index contributed by atoms with van der Waals surface area (Å²) in [6.07, 6.45) is 3.23. The van der Waals surface area contributed by atoms with Crippen LogP contribution in [0.3, 0.4) is 0 Å². The molecule has 0 saturated heterocycles. The van der Waals surface area contributed by atoms with Gasteiger partial charge in [-0.05, 0) is 13.8 Å². The number of carboxylic acids is 1. The number of methoxy groups -OCH3 is 1. The van der Waals surface area contributed by atoms with E-state index in [0.29, 0.717) is 18.8 Å². The summed E-state index contributed by atoms with van der Waals surface area (Å²) in [5.74, 6) is -0.913. The maximum atomic E-state index is 11.2. The first-order valence-electron chi connectivity index (χ1n) is 5.54. The number of carbonyl (C=O) groups is 1. The molecule has 0 aliphatic heterocycles. The Kier molecular flexibility index (Phi) is 5.11. The van der Waals surface area contributed by atoms with E-state index < -0.39 is 12.0 Å². The number of hydrogen-bond donors (Lipinski definition) is 2. The third-order valence-corrected chi connectivity index (χ3v) is 2.45. The molecule has 96 valence electrons. The van der Waals surface area contributed by atoms with Crippen LogP contribution in [-0.4, -0.2) is 40.9 Å². The summed E-state index contributed by atoms with van der Waals surface area (Å²) in [6.45, 7) is 4.93. The predicted molar refractivity (Wildman–Crippen MR) is 62.9 cm³/mol. The number of aliphatic carboxylic acids is 1. The maximum Gasteiger partial charge on any atom is 0.326 e. The second-order valence-electron chi connectivity index (χ2n) is 4.04. The van der Waals surface area contributed by atoms with Gasteiger partial charge in [-0.15, -0.1) is 0 Å². The molecule has 0 aliphatic carbocycles. The first kappa shape index (κ1) is 13.7. The zero-order chi connectivity index (χ0) is 12.8. The minimum absolute atomic E-state index is 0.179. The number of carboxylic acid groups (broad SMARTS) is 1. The minimum Gasteiger partial charge on any atom is -0.480 e. The molecule has 0 aliphatic rings. The van der Waals surface area contributed by atoms with Gasteiger partial charge < -0.3 is 14.4 Å². The molecule has 1 aromatic heterocycles. The number of nitrogens with one attached hydrogen (secondary N) is 1.